The van der Waals surface area contributed by atoms with E-state index in [-0.39, 0.29) is 0 Å². The Kier molecular flexibility index (Phi) is 5.69. The molecule has 1 aromatic carbocycles. The fourth-order valence-corrected chi connectivity index (χ4v) is 1.39. The zero-order chi connectivity index (χ0) is 11.8. The van der Waals surface area contributed by atoms with Gasteiger partial charge in [0.15, 0.2) is 0 Å². The van der Waals surface area contributed by atoms with Crippen molar-refractivity contribution >= 4 is 17.3 Å². The normalized spacial score (nSPS) is 9.81. The second-order valence-electron chi connectivity index (χ2n) is 3.38. The highest BCUT2D eigenvalue weighted by Gasteiger charge is 2.00. The third kappa shape index (κ3) is 4.09. The van der Waals surface area contributed by atoms with E-state index >= 15 is 0 Å². The van der Waals surface area contributed by atoms with Crippen molar-refractivity contribution in [1.82, 2.24) is 0 Å². The number of hydrogen-bond donors (Lipinski definition) is 0. The molecule has 0 aromatic heterocycles. The highest BCUT2D eigenvalue weighted by atomic mass is 35.5. The monoisotopic (exact) mass is 238 g/mol. The zero-order valence-corrected chi connectivity index (χ0v) is 10.1. The Morgan fingerprint density at radius 1 is 1.31 bits per heavy atom. The number of nitriles is 1. The molecule has 16 heavy (non-hydrogen) atoms. The van der Waals surface area contributed by atoms with Crippen molar-refractivity contribution in [2.45, 2.75) is 0 Å². The van der Waals surface area contributed by atoms with Crippen LogP contribution < -0.4 is 4.90 Å². The maximum Gasteiger partial charge on any atom is 0.0991 e. The predicted molar refractivity (Wildman–Crippen MR) is 66.0 cm³/mol. The molecule has 0 radical (unpaired) electrons. The van der Waals surface area contributed by atoms with Gasteiger partial charge in [0.2, 0.25) is 0 Å². The van der Waals surface area contributed by atoms with Gasteiger partial charge in [-0.3, -0.25) is 0 Å². The molecular weight excluding hydrogens is 224 g/mol. The van der Waals surface area contributed by atoms with Gasteiger partial charge in [-0.1, -0.05) is 0 Å². The first-order valence-electron chi connectivity index (χ1n) is 5.13. The van der Waals surface area contributed by atoms with Crippen LogP contribution in [-0.4, -0.2) is 32.7 Å². The number of ether oxygens (including phenoxy) is 1. The number of rotatable bonds is 6. The van der Waals surface area contributed by atoms with E-state index < -0.39 is 0 Å². The first-order chi connectivity index (χ1) is 7.77. The minimum atomic E-state index is 0.528. The molecule has 3 nitrogen and oxygen atoms in total. The lowest BCUT2D eigenvalue weighted by Crippen LogP contribution is -2.22. The van der Waals surface area contributed by atoms with Crippen LogP contribution >= 0.6 is 11.6 Å². The summed E-state index contributed by atoms with van der Waals surface area (Å²) in [5.74, 6) is 0.528. The lowest BCUT2D eigenvalue weighted by molar-refractivity contribution is 0.156. The first kappa shape index (κ1) is 12.8. The molecular formula is C12H15ClN2O. The molecule has 0 aliphatic carbocycles. The summed E-state index contributed by atoms with van der Waals surface area (Å²) in [7, 11) is 1.99. The number of halogens is 1. The number of nitrogens with zero attached hydrogens (tertiary/aromatic N) is 2. The van der Waals surface area contributed by atoms with Crippen molar-refractivity contribution < 1.29 is 4.74 Å². The number of likely N-dealkylation sites (N-methyl/N-ethyl adjacent to an activating group) is 1. The van der Waals surface area contributed by atoms with Crippen molar-refractivity contribution in [1.29, 1.82) is 5.26 Å². The van der Waals surface area contributed by atoms with Crippen LogP contribution in [0.5, 0.6) is 0 Å². The van der Waals surface area contributed by atoms with Crippen LogP contribution in [0.1, 0.15) is 5.56 Å². The molecule has 86 valence electrons. The standard InChI is InChI=1S/C12H15ClN2O/c1-15(7-9-16-8-6-13)12-4-2-11(10-14)3-5-12/h2-5H,6-9H2,1H3. The van der Waals surface area contributed by atoms with Crippen molar-refractivity contribution in [3.8, 4) is 6.07 Å². The van der Waals surface area contributed by atoms with Gasteiger partial charge in [-0.25, -0.2) is 0 Å². The Labute approximate surface area is 101 Å². The van der Waals surface area contributed by atoms with Crippen LogP contribution in [0.4, 0.5) is 5.69 Å². The predicted octanol–water partition coefficient (Wildman–Crippen LogP) is 2.25. The Morgan fingerprint density at radius 3 is 2.56 bits per heavy atom. The van der Waals surface area contributed by atoms with Crippen LogP contribution in [0.15, 0.2) is 24.3 Å². The minimum absolute atomic E-state index is 0.528. The van der Waals surface area contributed by atoms with Gasteiger partial charge in [-0.15, -0.1) is 11.6 Å². The minimum Gasteiger partial charge on any atom is -0.378 e. The van der Waals surface area contributed by atoms with E-state index in [0.29, 0.717) is 24.7 Å². The van der Waals surface area contributed by atoms with Crippen molar-refractivity contribution in [2.75, 3.05) is 37.6 Å². The van der Waals surface area contributed by atoms with Crippen molar-refractivity contribution in [3.05, 3.63) is 29.8 Å². The largest absolute Gasteiger partial charge is 0.378 e. The maximum atomic E-state index is 8.67. The van der Waals surface area contributed by atoms with Gasteiger partial charge in [-0.05, 0) is 24.3 Å². The summed E-state index contributed by atoms with van der Waals surface area (Å²) < 4.78 is 5.29. The van der Waals surface area contributed by atoms with Gasteiger partial charge in [0.1, 0.15) is 0 Å². The summed E-state index contributed by atoms with van der Waals surface area (Å²) in [5, 5.41) is 8.67. The smallest absolute Gasteiger partial charge is 0.0991 e. The molecule has 0 heterocycles. The van der Waals surface area contributed by atoms with E-state index in [1.54, 1.807) is 0 Å². The molecule has 0 saturated heterocycles. The maximum absolute atomic E-state index is 8.67. The average molecular weight is 239 g/mol. The summed E-state index contributed by atoms with van der Waals surface area (Å²) in [4.78, 5) is 2.08. The molecule has 0 saturated carbocycles. The number of alkyl halides is 1. The van der Waals surface area contributed by atoms with Crippen molar-refractivity contribution in [2.24, 2.45) is 0 Å². The number of anilines is 1. The molecule has 0 atom stereocenters. The summed E-state index contributed by atoms with van der Waals surface area (Å²) >= 11 is 5.50. The van der Waals surface area contributed by atoms with Gasteiger partial charge in [-0.2, -0.15) is 5.26 Å². The van der Waals surface area contributed by atoms with Crippen LogP contribution in [0, 0.1) is 11.3 Å². The molecule has 0 fully saturated rings. The molecule has 0 amide bonds. The Bertz CT molecular complexity index is 345. The molecule has 0 N–H and O–H groups in total. The van der Waals surface area contributed by atoms with Gasteiger partial charge in [0.25, 0.3) is 0 Å². The fourth-order valence-electron chi connectivity index (χ4n) is 1.28. The number of benzene rings is 1. The van der Waals surface area contributed by atoms with Crippen molar-refractivity contribution in [3.63, 3.8) is 0 Å². The van der Waals surface area contributed by atoms with Gasteiger partial charge in [0, 0.05) is 25.2 Å². The van der Waals surface area contributed by atoms with E-state index in [2.05, 4.69) is 11.0 Å². The Balaban J connectivity index is 2.40. The highest BCUT2D eigenvalue weighted by molar-refractivity contribution is 6.17. The average Bonchev–Trinajstić information content (AvgIpc) is 2.34. The van der Waals surface area contributed by atoms with Crippen LogP contribution in [-0.2, 0) is 4.74 Å². The summed E-state index contributed by atoms with van der Waals surface area (Å²) in [5.41, 5.74) is 1.75. The summed E-state index contributed by atoms with van der Waals surface area (Å²) in [6, 6.07) is 9.58. The van der Waals surface area contributed by atoms with Gasteiger partial charge < -0.3 is 9.64 Å². The summed E-state index contributed by atoms with van der Waals surface area (Å²) in [6.07, 6.45) is 0. The van der Waals surface area contributed by atoms with Crippen LogP contribution in [0.25, 0.3) is 0 Å². The quantitative estimate of drug-likeness (QED) is 0.563. The molecule has 0 spiro atoms. The third-order valence-electron chi connectivity index (χ3n) is 2.23. The molecule has 0 aliphatic heterocycles. The van der Waals surface area contributed by atoms with E-state index in [0.717, 1.165) is 12.2 Å². The Hall–Kier alpha value is -1.24. The first-order valence-corrected chi connectivity index (χ1v) is 5.66. The van der Waals surface area contributed by atoms with Crippen LogP contribution in [0.2, 0.25) is 0 Å². The summed E-state index contributed by atoms with van der Waals surface area (Å²) in [6.45, 7) is 2.05. The molecule has 0 aliphatic rings. The fraction of sp³-hybridized carbons (Fsp3) is 0.417. The number of hydrogen-bond acceptors (Lipinski definition) is 3. The third-order valence-corrected chi connectivity index (χ3v) is 2.38. The van der Waals surface area contributed by atoms with Gasteiger partial charge >= 0.3 is 0 Å². The molecule has 0 bridgehead atoms. The SMILES string of the molecule is CN(CCOCCCl)c1ccc(C#N)cc1. The van der Waals surface area contributed by atoms with E-state index in [1.165, 1.54) is 0 Å². The second-order valence-corrected chi connectivity index (χ2v) is 3.76. The van der Waals surface area contributed by atoms with Gasteiger partial charge in [0.05, 0.1) is 24.8 Å². The molecule has 0 unspecified atom stereocenters. The van der Waals surface area contributed by atoms with E-state index in [9.17, 15) is 0 Å². The van der Waals surface area contributed by atoms with E-state index in [4.69, 9.17) is 21.6 Å². The Morgan fingerprint density at radius 2 is 2.00 bits per heavy atom. The highest BCUT2D eigenvalue weighted by Crippen LogP contribution is 2.12. The lowest BCUT2D eigenvalue weighted by Gasteiger charge is -2.19. The molecule has 4 heteroatoms. The topological polar surface area (TPSA) is 36.3 Å². The molecule has 1 aromatic rings. The van der Waals surface area contributed by atoms with E-state index in [1.807, 2.05) is 31.3 Å². The van der Waals surface area contributed by atoms with Crippen LogP contribution in [0.3, 0.4) is 0 Å². The second kappa shape index (κ2) is 7.10. The zero-order valence-electron chi connectivity index (χ0n) is 9.32. The molecule has 1 rings (SSSR count). The lowest BCUT2D eigenvalue weighted by atomic mass is 10.2.